The smallest absolute Gasteiger partial charge is 0.331 e. The van der Waals surface area contributed by atoms with Gasteiger partial charge in [-0.3, -0.25) is 4.79 Å². The van der Waals surface area contributed by atoms with E-state index in [0.29, 0.717) is 17.0 Å². The van der Waals surface area contributed by atoms with Crippen molar-refractivity contribution < 1.29 is 24.2 Å². The van der Waals surface area contributed by atoms with Crippen LogP contribution < -0.4 is 10.1 Å². The molecule has 1 amide bonds. The lowest BCUT2D eigenvalue weighted by molar-refractivity contribution is -0.142. The molecule has 0 atom stereocenters. The Morgan fingerprint density at radius 3 is 2.48 bits per heavy atom. The number of methoxy groups -OCH3 is 1. The molecule has 0 aliphatic heterocycles. The second kappa shape index (κ2) is 9.57. The van der Waals surface area contributed by atoms with E-state index in [-0.39, 0.29) is 5.75 Å². The lowest BCUT2D eigenvalue weighted by atomic mass is 10.2. The van der Waals surface area contributed by atoms with Gasteiger partial charge in [0.05, 0.1) is 12.8 Å². The van der Waals surface area contributed by atoms with E-state index in [9.17, 15) is 14.7 Å². The van der Waals surface area contributed by atoms with Crippen LogP contribution in [0.1, 0.15) is 11.1 Å². The van der Waals surface area contributed by atoms with E-state index in [4.69, 9.17) is 9.47 Å². The molecule has 0 radical (unpaired) electrons. The number of aryl methyl sites for hydroxylation is 1. The number of halogens is 2. The number of aromatic hydroxyl groups is 1. The molecule has 2 aromatic carbocycles. The summed E-state index contributed by atoms with van der Waals surface area (Å²) in [7, 11) is 1.43. The zero-order chi connectivity index (χ0) is 20.0. The number of carbonyl (C=O) groups is 2. The minimum atomic E-state index is -0.667. The minimum absolute atomic E-state index is 0.00215. The maximum absolute atomic E-state index is 12.0. The Balaban J connectivity index is 1.91. The molecule has 0 heterocycles. The fourth-order valence-corrected chi connectivity index (χ4v) is 3.76. The third-order valence-electron chi connectivity index (χ3n) is 3.41. The Kier molecular flexibility index (Phi) is 7.44. The van der Waals surface area contributed by atoms with Crippen molar-refractivity contribution in [3.8, 4) is 11.5 Å². The summed E-state index contributed by atoms with van der Waals surface area (Å²) in [6, 6.07) is 8.36. The van der Waals surface area contributed by atoms with Crippen LogP contribution in [0.15, 0.2) is 45.4 Å². The molecule has 0 aromatic heterocycles. The van der Waals surface area contributed by atoms with Gasteiger partial charge in [-0.2, -0.15) is 0 Å². The second-order valence-corrected chi connectivity index (χ2v) is 7.23. The lowest BCUT2D eigenvalue weighted by Crippen LogP contribution is -2.20. The first kappa shape index (κ1) is 21.0. The largest absolute Gasteiger partial charge is 0.504 e. The van der Waals surface area contributed by atoms with Crippen molar-refractivity contribution in [3.05, 3.63) is 56.5 Å². The Labute approximate surface area is 173 Å². The zero-order valence-electron chi connectivity index (χ0n) is 14.6. The lowest BCUT2D eigenvalue weighted by Gasteiger charge is -2.10. The number of phenols is 1. The maximum Gasteiger partial charge on any atom is 0.331 e. The Morgan fingerprint density at radius 2 is 1.85 bits per heavy atom. The molecule has 0 spiro atoms. The van der Waals surface area contributed by atoms with Gasteiger partial charge in [0.25, 0.3) is 5.91 Å². The highest BCUT2D eigenvalue weighted by atomic mass is 79.9. The molecule has 2 aromatic rings. The number of benzene rings is 2. The van der Waals surface area contributed by atoms with Crippen LogP contribution in [-0.2, 0) is 14.3 Å². The molecule has 0 bridgehead atoms. The molecule has 6 nitrogen and oxygen atoms in total. The van der Waals surface area contributed by atoms with Gasteiger partial charge < -0.3 is 19.9 Å². The predicted octanol–water partition coefficient (Wildman–Crippen LogP) is 4.43. The third kappa shape index (κ3) is 6.11. The summed E-state index contributed by atoms with van der Waals surface area (Å²) in [5.74, 6) is -0.839. The molecule has 0 fully saturated rings. The van der Waals surface area contributed by atoms with E-state index in [1.54, 1.807) is 12.1 Å². The van der Waals surface area contributed by atoms with Crippen LogP contribution in [0.4, 0.5) is 5.69 Å². The topological polar surface area (TPSA) is 84.9 Å². The number of ether oxygens (including phenoxy) is 2. The summed E-state index contributed by atoms with van der Waals surface area (Å²) in [4.78, 5) is 23.8. The van der Waals surface area contributed by atoms with Gasteiger partial charge in [0.2, 0.25) is 0 Å². The molecular formula is C19H17Br2NO5. The molecule has 2 N–H and O–H groups in total. The van der Waals surface area contributed by atoms with Gasteiger partial charge in [-0.05, 0) is 80.3 Å². The van der Waals surface area contributed by atoms with Gasteiger partial charge in [-0.25, -0.2) is 4.79 Å². The fourth-order valence-electron chi connectivity index (χ4n) is 2.14. The third-order valence-corrected chi connectivity index (χ3v) is 4.66. The average Bonchev–Trinajstić information content (AvgIpc) is 2.62. The molecule has 0 saturated heterocycles. The molecular weight excluding hydrogens is 482 g/mol. The normalized spacial score (nSPS) is 10.7. The number of carbonyl (C=O) groups excluding carboxylic acids is 2. The van der Waals surface area contributed by atoms with Crippen LogP contribution in [0.3, 0.4) is 0 Å². The molecule has 8 heteroatoms. The molecule has 142 valence electrons. The van der Waals surface area contributed by atoms with Crippen LogP contribution in [0.25, 0.3) is 6.08 Å². The van der Waals surface area contributed by atoms with Crippen LogP contribution >= 0.6 is 31.9 Å². The van der Waals surface area contributed by atoms with Crippen molar-refractivity contribution in [1.82, 2.24) is 0 Å². The summed E-state index contributed by atoms with van der Waals surface area (Å²) in [5.41, 5.74) is 2.22. The molecule has 0 saturated carbocycles. The fraction of sp³-hybridized carbons (Fsp3) is 0.158. The van der Waals surface area contributed by atoms with E-state index >= 15 is 0 Å². The molecule has 0 unspecified atom stereocenters. The number of nitrogens with one attached hydrogen (secondary N) is 1. The van der Waals surface area contributed by atoms with Crippen molar-refractivity contribution in [2.24, 2.45) is 0 Å². The highest BCUT2D eigenvalue weighted by Gasteiger charge is 2.11. The number of hydrogen-bond acceptors (Lipinski definition) is 5. The number of phenolic OH excluding ortho intramolecular Hbond substituents is 1. The first-order valence-corrected chi connectivity index (χ1v) is 9.36. The Hall–Kier alpha value is -2.32. The summed E-state index contributed by atoms with van der Waals surface area (Å²) < 4.78 is 11.4. The summed E-state index contributed by atoms with van der Waals surface area (Å²) in [6.45, 7) is 1.51. The zero-order valence-corrected chi connectivity index (χ0v) is 17.8. The van der Waals surface area contributed by atoms with E-state index in [2.05, 4.69) is 37.2 Å². The monoisotopic (exact) mass is 497 g/mol. The number of amides is 1. The van der Waals surface area contributed by atoms with Gasteiger partial charge in [0.1, 0.15) is 0 Å². The minimum Gasteiger partial charge on any atom is -0.504 e. The van der Waals surface area contributed by atoms with Gasteiger partial charge in [-0.1, -0.05) is 6.07 Å². The number of hydrogen-bond donors (Lipinski definition) is 2. The molecule has 2 rings (SSSR count). The Morgan fingerprint density at radius 1 is 1.19 bits per heavy atom. The van der Waals surface area contributed by atoms with Crippen molar-refractivity contribution in [1.29, 1.82) is 0 Å². The van der Waals surface area contributed by atoms with Crippen LogP contribution in [0.2, 0.25) is 0 Å². The highest BCUT2D eigenvalue weighted by Crippen LogP contribution is 2.32. The van der Waals surface area contributed by atoms with E-state index in [1.807, 2.05) is 19.1 Å². The SMILES string of the molecule is COc1cc(C=CC(=O)OCC(=O)Nc2c(Br)cc(C)cc2Br)ccc1O. The predicted molar refractivity (Wildman–Crippen MR) is 110 cm³/mol. The van der Waals surface area contributed by atoms with Crippen molar-refractivity contribution in [3.63, 3.8) is 0 Å². The van der Waals surface area contributed by atoms with Crippen LogP contribution in [0.5, 0.6) is 11.5 Å². The first-order chi connectivity index (χ1) is 12.8. The number of rotatable bonds is 6. The van der Waals surface area contributed by atoms with Crippen molar-refractivity contribution in [2.75, 3.05) is 19.0 Å². The van der Waals surface area contributed by atoms with E-state index < -0.39 is 18.5 Å². The maximum atomic E-state index is 12.0. The standard InChI is InChI=1S/C19H17Br2NO5/c1-11-7-13(20)19(14(21)8-11)22-17(24)10-27-18(25)6-4-12-3-5-15(23)16(9-12)26-2/h3-9,23H,10H2,1-2H3,(H,22,24). The highest BCUT2D eigenvalue weighted by molar-refractivity contribution is 9.11. The first-order valence-electron chi connectivity index (χ1n) is 7.77. The quantitative estimate of drug-likeness (QED) is 0.454. The van der Waals surface area contributed by atoms with Gasteiger partial charge in [-0.15, -0.1) is 0 Å². The van der Waals surface area contributed by atoms with Gasteiger partial charge in [0.15, 0.2) is 18.1 Å². The molecule has 27 heavy (non-hydrogen) atoms. The number of esters is 1. The number of anilines is 1. The summed E-state index contributed by atoms with van der Waals surface area (Å²) in [6.07, 6.45) is 2.69. The van der Waals surface area contributed by atoms with Crippen LogP contribution in [-0.4, -0.2) is 30.7 Å². The van der Waals surface area contributed by atoms with E-state index in [0.717, 1.165) is 14.5 Å². The molecule has 0 aliphatic carbocycles. The van der Waals surface area contributed by atoms with Gasteiger partial charge >= 0.3 is 5.97 Å². The van der Waals surface area contributed by atoms with Crippen molar-refractivity contribution in [2.45, 2.75) is 6.92 Å². The second-order valence-electron chi connectivity index (χ2n) is 5.52. The van der Waals surface area contributed by atoms with Gasteiger partial charge in [0, 0.05) is 15.0 Å². The summed E-state index contributed by atoms with van der Waals surface area (Å²) >= 11 is 6.76. The average molecular weight is 499 g/mol. The summed E-state index contributed by atoms with van der Waals surface area (Å²) in [5, 5.41) is 12.2. The van der Waals surface area contributed by atoms with Crippen molar-refractivity contribution >= 4 is 55.5 Å². The Bertz CT molecular complexity index is 873. The van der Waals surface area contributed by atoms with E-state index in [1.165, 1.54) is 25.3 Å². The molecule has 0 aliphatic rings. The van der Waals surface area contributed by atoms with Crippen LogP contribution in [0, 0.1) is 6.92 Å².